The fourth-order valence-electron chi connectivity index (χ4n) is 10.5. The van der Waals surface area contributed by atoms with Gasteiger partial charge in [-0.2, -0.15) is 20.7 Å². The van der Waals surface area contributed by atoms with E-state index in [0.29, 0.717) is 29.6 Å². The van der Waals surface area contributed by atoms with Gasteiger partial charge in [0.15, 0.2) is 0 Å². The van der Waals surface area contributed by atoms with Gasteiger partial charge in [-0.05, 0) is 137 Å². The number of hydrogen-bond donors (Lipinski definition) is 2. The average Bonchev–Trinajstić information content (AvgIpc) is 3.80. The topological polar surface area (TPSA) is 146 Å². The molecule has 4 aliphatic rings. The van der Waals surface area contributed by atoms with Gasteiger partial charge in [0.2, 0.25) is 23.8 Å². The number of nitrogens with zero attached hydrogens (tertiary/aromatic N) is 6. The number of H-pyrrole nitrogens is 2. The largest absolute Gasteiger partial charge is 0.381 e. The molecule has 12 heteroatoms. The van der Waals surface area contributed by atoms with Gasteiger partial charge >= 0.3 is 0 Å². The lowest BCUT2D eigenvalue weighted by atomic mass is 9.88. The number of aromatic nitrogens is 4. The minimum atomic E-state index is 0.106. The van der Waals surface area contributed by atoms with Crippen molar-refractivity contribution in [2.24, 2.45) is 0 Å². The van der Waals surface area contributed by atoms with E-state index in [9.17, 15) is 9.59 Å². The maximum Gasteiger partial charge on any atom is 0.254 e. The summed E-state index contributed by atoms with van der Waals surface area (Å²) in [4.78, 5) is 31.1. The molecule has 6 heterocycles. The van der Waals surface area contributed by atoms with E-state index in [0.717, 1.165) is 142 Å². The Morgan fingerprint density at radius 1 is 0.574 bits per heavy atom. The smallest absolute Gasteiger partial charge is 0.254 e. The number of fused-ring (bicyclic) bond motifs is 2. The molecule has 0 unspecified atom stereocenters. The highest BCUT2D eigenvalue weighted by Crippen LogP contribution is 2.32. The van der Waals surface area contributed by atoms with Crippen LogP contribution in [0.25, 0.3) is 11.4 Å². The zero-order valence-corrected chi connectivity index (χ0v) is 39.9. The third kappa shape index (κ3) is 10.0. The van der Waals surface area contributed by atoms with Crippen molar-refractivity contribution in [3.8, 4) is 23.5 Å². The van der Waals surface area contributed by atoms with Gasteiger partial charge in [-0.25, -0.2) is 0 Å². The Morgan fingerprint density at radius 3 is 1.51 bits per heavy atom. The van der Waals surface area contributed by atoms with Crippen molar-refractivity contribution in [2.45, 2.75) is 97.5 Å². The van der Waals surface area contributed by atoms with Crippen molar-refractivity contribution in [1.29, 1.82) is 10.5 Å². The molecule has 2 fully saturated rings. The van der Waals surface area contributed by atoms with Crippen LogP contribution in [0.15, 0.2) is 85.2 Å². The van der Waals surface area contributed by atoms with Crippen LogP contribution < -0.4 is 9.36 Å². The molecule has 348 valence electrons. The first-order valence-corrected chi connectivity index (χ1v) is 24.3. The van der Waals surface area contributed by atoms with Crippen LogP contribution in [0.4, 0.5) is 0 Å². The van der Waals surface area contributed by atoms with Gasteiger partial charge in [0.25, 0.3) is 11.8 Å². The van der Waals surface area contributed by atoms with Crippen molar-refractivity contribution >= 4 is 11.8 Å². The predicted octanol–water partition coefficient (Wildman–Crippen LogP) is 8.18. The number of ether oxygens (including phenoxy) is 2. The highest BCUT2D eigenvalue weighted by molar-refractivity contribution is 5.97. The molecule has 6 aromatic rings. The zero-order valence-electron chi connectivity index (χ0n) is 39.9. The number of piperidine rings is 2. The molecule has 2 N–H and O–H groups in total. The molecule has 4 aliphatic heterocycles. The lowest BCUT2D eigenvalue weighted by Crippen LogP contribution is -2.39. The monoisotopic (exact) mass is 910 g/mol. The predicted molar refractivity (Wildman–Crippen MR) is 258 cm³/mol. The van der Waals surface area contributed by atoms with Crippen LogP contribution >= 0.6 is 0 Å². The van der Waals surface area contributed by atoms with Crippen LogP contribution in [0, 0.1) is 50.4 Å². The number of aromatic amines is 2. The molecule has 10 rings (SSSR count). The van der Waals surface area contributed by atoms with Crippen LogP contribution in [-0.2, 0) is 35.3 Å². The van der Waals surface area contributed by atoms with E-state index in [1.54, 1.807) is 0 Å². The molecular formula is C56H62N8O4+2. The van der Waals surface area contributed by atoms with Gasteiger partial charge in [-0.1, -0.05) is 33.6 Å². The normalized spacial score (nSPS) is 16.6. The lowest BCUT2D eigenvalue weighted by Gasteiger charge is -2.32. The van der Waals surface area contributed by atoms with Gasteiger partial charge in [-0.15, -0.1) is 0 Å². The number of nitrogens with one attached hydrogen (secondary N) is 2. The number of likely N-dealkylation sites (tertiary alicyclic amines) is 2. The van der Waals surface area contributed by atoms with E-state index in [1.165, 1.54) is 33.6 Å². The molecule has 0 aliphatic carbocycles. The highest BCUT2D eigenvalue weighted by Gasteiger charge is 2.30. The first-order chi connectivity index (χ1) is 33.1. The second-order valence-corrected chi connectivity index (χ2v) is 19.0. The Kier molecular flexibility index (Phi) is 14.0. The Bertz CT molecular complexity index is 2640. The molecule has 2 amide bonds. The Hall–Kier alpha value is -6.86. The summed E-state index contributed by atoms with van der Waals surface area (Å²) < 4.78 is 15.4. The zero-order chi connectivity index (χ0) is 47.3. The van der Waals surface area contributed by atoms with E-state index < -0.39 is 0 Å². The van der Waals surface area contributed by atoms with Crippen molar-refractivity contribution in [3.05, 3.63) is 163 Å². The summed E-state index contributed by atoms with van der Waals surface area (Å²) in [6.07, 6.45) is 11.8. The summed E-state index contributed by atoms with van der Waals surface area (Å²) in [7, 11) is 0. The third-order valence-electron chi connectivity index (χ3n) is 14.5. The number of benzene rings is 4. The first kappa shape index (κ1) is 46.3. The van der Waals surface area contributed by atoms with E-state index in [4.69, 9.17) is 20.0 Å². The summed E-state index contributed by atoms with van der Waals surface area (Å²) in [5.41, 5.74) is 16.7. The molecule has 0 atom stereocenters. The number of carbonyl (C=O) groups is 2. The number of nitriles is 2. The summed E-state index contributed by atoms with van der Waals surface area (Å²) in [6, 6.07) is 28.4. The molecule has 2 aromatic heterocycles. The van der Waals surface area contributed by atoms with Crippen LogP contribution in [0.2, 0.25) is 0 Å². The van der Waals surface area contributed by atoms with Crippen molar-refractivity contribution in [1.82, 2.24) is 20.0 Å². The summed E-state index contributed by atoms with van der Waals surface area (Å²) >= 11 is 0. The highest BCUT2D eigenvalue weighted by atomic mass is 16.5. The number of aryl methyl sites for hydroxylation is 5. The fraction of sp³-hybridized carbons (Fsp3) is 0.393. The maximum absolute atomic E-state index is 13.5. The lowest BCUT2D eigenvalue weighted by molar-refractivity contribution is -0.656. The van der Waals surface area contributed by atoms with Crippen molar-refractivity contribution in [2.75, 3.05) is 46.0 Å². The molecule has 12 nitrogen and oxygen atoms in total. The average molecular weight is 911 g/mol. The van der Waals surface area contributed by atoms with Crippen LogP contribution in [-0.4, -0.2) is 77.8 Å². The SMILES string of the molecule is Cc1cc(C)c(-[n+]2cc3c([nH]2)CCCOC3)cc1C(=O)N1CCC(c2ccc(C#N)cc2)CC1.Cc1cc(C)c(-[n+]2cc3c([nH]2)CCOCC3)cc1C(=O)N1CCC(c2ccc(C#N)cc2)CC1. The van der Waals surface area contributed by atoms with Gasteiger partial charge in [0.05, 0.1) is 60.0 Å². The van der Waals surface area contributed by atoms with Gasteiger partial charge in [0.1, 0.15) is 0 Å². The third-order valence-corrected chi connectivity index (χ3v) is 14.5. The molecule has 2 saturated heterocycles. The minimum Gasteiger partial charge on any atom is -0.381 e. The number of rotatable bonds is 6. The second kappa shape index (κ2) is 20.6. The standard InChI is InChI=1S/2C28H30N4O2/c1-19-15-20(2)27(32-18-24-9-13-34-14-10-26(24)30-32)16-25(19)28(33)31-11-7-23(8-12-31)22-5-3-21(17-29)4-6-22;1-19-14-20(2)27(32-17-24-18-34-13-3-4-26(24)30-32)15-25(19)28(33)31-11-9-23(10-12-31)22-7-5-21(16-29)6-8-22/h3-6,15-16,18,23H,7-14H2,1-2H3;5-8,14-15,17,23H,3-4,9-13,18H2,1-2H3/p+2. The van der Waals surface area contributed by atoms with Gasteiger partial charge in [-0.3, -0.25) is 9.59 Å². The van der Waals surface area contributed by atoms with Gasteiger partial charge < -0.3 is 19.3 Å². The Balaban J connectivity index is 0.000000170. The minimum absolute atomic E-state index is 0.106. The summed E-state index contributed by atoms with van der Waals surface area (Å²) in [6.45, 7) is 14.1. The Morgan fingerprint density at radius 2 is 1.03 bits per heavy atom. The fourth-order valence-corrected chi connectivity index (χ4v) is 10.5. The van der Waals surface area contributed by atoms with Crippen LogP contribution in [0.5, 0.6) is 0 Å². The molecule has 4 aromatic carbocycles. The summed E-state index contributed by atoms with van der Waals surface area (Å²) in [5, 5.41) is 25.1. The quantitative estimate of drug-likeness (QED) is 0.161. The first-order valence-electron chi connectivity index (χ1n) is 24.3. The number of amides is 2. The van der Waals surface area contributed by atoms with E-state index in [2.05, 4.69) is 89.7 Å². The van der Waals surface area contributed by atoms with Gasteiger partial charge in [0, 0.05) is 85.6 Å². The molecular weight excluding hydrogens is 849 g/mol. The van der Waals surface area contributed by atoms with Crippen LogP contribution in [0.3, 0.4) is 0 Å². The van der Waals surface area contributed by atoms with Crippen LogP contribution in [0.1, 0.15) is 132 Å². The molecule has 68 heavy (non-hydrogen) atoms. The molecule has 0 radical (unpaired) electrons. The van der Waals surface area contributed by atoms with Crippen molar-refractivity contribution in [3.63, 3.8) is 0 Å². The van der Waals surface area contributed by atoms with E-state index >= 15 is 0 Å². The molecule has 0 saturated carbocycles. The number of carbonyl (C=O) groups excluding carboxylic acids is 2. The summed E-state index contributed by atoms with van der Waals surface area (Å²) in [5.74, 6) is 1.08. The maximum atomic E-state index is 13.5. The number of hydrogen-bond acceptors (Lipinski definition) is 6. The second-order valence-electron chi connectivity index (χ2n) is 19.0. The molecule has 0 bridgehead atoms. The van der Waals surface area contributed by atoms with E-state index in [1.807, 2.05) is 64.7 Å². The van der Waals surface area contributed by atoms with E-state index in [-0.39, 0.29) is 11.8 Å². The molecule has 0 spiro atoms. The van der Waals surface area contributed by atoms with Crippen molar-refractivity contribution < 1.29 is 28.4 Å². The Labute approximate surface area is 399 Å².